The molecule has 1 aromatic rings. The van der Waals surface area contributed by atoms with Gasteiger partial charge in [0.15, 0.2) is 0 Å². The molecule has 0 aliphatic carbocycles. The van der Waals surface area contributed by atoms with Crippen LogP contribution >= 0.6 is 0 Å². The molecule has 14 heavy (non-hydrogen) atoms. The average molecular weight is 212 g/mol. The molecule has 0 radical (unpaired) electrons. The van der Waals surface area contributed by atoms with Crippen molar-refractivity contribution in [3.8, 4) is 11.8 Å². The van der Waals surface area contributed by atoms with E-state index in [4.69, 9.17) is 5.26 Å². The molecule has 0 aliphatic heterocycles. The third kappa shape index (κ3) is 2.37. The number of phenols is 1. The minimum Gasteiger partial charge on any atom is -0.506 e. The minimum absolute atomic E-state index is 0.0791. The van der Waals surface area contributed by atoms with Gasteiger partial charge in [-0.05, 0) is 12.1 Å². The van der Waals surface area contributed by atoms with Crippen molar-refractivity contribution >= 4 is 15.7 Å². The number of hydrogen-bond acceptors (Lipinski definition) is 4. The fourth-order valence-corrected chi connectivity index (χ4v) is 1.51. The van der Waals surface area contributed by atoms with Crippen molar-refractivity contribution in [3.05, 3.63) is 23.8 Å². The molecule has 0 saturated heterocycles. The van der Waals surface area contributed by atoms with Gasteiger partial charge in [0, 0.05) is 0 Å². The first-order chi connectivity index (χ1) is 6.44. The zero-order valence-corrected chi connectivity index (χ0v) is 8.17. The Kier molecular flexibility index (Phi) is 2.63. The van der Waals surface area contributed by atoms with Gasteiger partial charge in [-0.15, -0.1) is 0 Å². The summed E-state index contributed by atoms with van der Waals surface area (Å²) in [6.45, 7) is 0. The molecule has 0 amide bonds. The fourth-order valence-electron chi connectivity index (χ4n) is 0.926. The summed E-state index contributed by atoms with van der Waals surface area (Å²) in [4.78, 5) is 0. The van der Waals surface area contributed by atoms with E-state index >= 15 is 0 Å². The van der Waals surface area contributed by atoms with E-state index in [-0.39, 0.29) is 17.0 Å². The predicted molar refractivity (Wildman–Crippen MR) is 51.3 cm³/mol. The molecule has 0 bridgehead atoms. The third-order valence-corrected chi connectivity index (χ3v) is 2.03. The van der Waals surface area contributed by atoms with E-state index in [1.165, 1.54) is 18.2 Å². The van der Waals surface area contributed by atoms with Crippen molar-refractivity contribution in [2.24, 2.45) is 0 Å². The number of para-hydroxylation sites is 1. The number of aromatic hydroxyl groups is 1. The monoisotopic (exact) mass is 212 g/mol. The molecule has 0 aliphatic rings. The Balaban J connectivity index is 3.27. The Morgan fingerprint density at radius 3 is 2.64 bits per heavy atom. The van der Waals surface area contributed by atoms with Gasteiger partial charge in [-0.1, -0.05) is 6.07 Å². The summed E-state index contributed by atoms with van der Waals surface area (Å²) in [5.41, 5.74) is -0.00655. The number of nitrogens with one attached hydrogen (secondary N) is 1. The summed E-state index contributed by atoms with van der Waals surface area (Å²) in [7, 11) is -3.49. The number of nitrogens with zero attached hydrogens (tertiary/aromatic N) is 1. The Morgan fingerprint density at radius 1 is 1.50 bits per heavy atom. The molecule has 5 nitrogen and oxygen atoms in total. The normalized spacial score (nSPS) is 10.6. The molecule has 6 heteroatoms. The Hall–Kier alpha value is -1.74. The summed E-state index contributed by atoms with van der Waals surface area (Å²) >= 11 is 0. The summed E-state index contributed by atoms with van der Waals surface area (Å²) in [6.07, 6.45) is 0.945. The Labute approximate surface area is 81.7 Å². The molecule has 0 atom stereocenters. The van der Waals surface area contributed by atoms with Crippen molar-refractivity contribution in [3.63, 3.8) is 0 Å². The Bertz CT molecular complexity index is 488. The SMILES string of the molecule is CS(=O)(=O)Nc1c(O)cccc1C#N. The van der Waals surface area contributed by atoms with E-state index in [0.717, 1.165) is 6.26 Å². The molecule has 0 aromatic heterocycles. The molecule has 0 unspecified atom stereocenters. The molecule has 0 spiro atoms. The Morgan fingerprint density at radius 2 is 2.14 bits per heavy atom. The zero-order chi connectivity index (χ0) is 10.8. The van der Waals surface area contributed by atoms with Crippen LogP contribution in [0.5, 0.6) is 5.75 Å². The zero-order valence-electron chi connectivity index (χ0n) is 7.35. The molecule has 74 valence electrons. The molecular formula is C8H8N2O3S. The van der Waals surface area contributed by atoms with E-state index in [1.54, 1.807) is 6.07 Å². The van der Waals surface area contributed by atoms with Crippen LogP contribution in [0.1, 0.15) is 5.56 Å². The first-order valence-corrected chi connectivity index (χ1v) is 5.53. The summed E-state index contributed by atoms with van der Waals surface area (Å²) in [5, 5.41) is 18.0. The predicted octanol–water partition coefficient (Wildman–Crippen LogP) is 0.635. The highest BCUT2D eigenvalue weighted by Crippen LogP contribution is 2.27. The molecule has 0 heterocycles. The van der Waals surface area contributed by atoms with Crippen LogP contribution in [0.25, 0.3) is 0 Å². The highest BCUT2D eigenvalue weighted by molar-refractivity contribution is 7.92. The molecule has 1 rings (SSSR count). The second kappa shape index (κ2) is 3.55. The minimum atomic E-state index is -3.49. The van der Waals surface area contributed by atoms with Crippen molar-refractivity contribution in [2.45, 2.75) is 0 Å². The van der Waals surface area contributed by atoms with Gasteiger partial charge in [-0.25, -0.2) is 8.42 Å². The number of hydrogen-bond donors (Lipinski definition) is 2. The smallest absolute Gasteiger partial charge is 0.229 e. The first-order valence-electron chi connectivity index (χ1n) is 3.64. The number of anilines is 1. The number of sulfonamides is 1. The van der Waals surface area contributed by atoms with Gasteiger partial charge in [-0.2, -0.15) is 5.26 Å². The maximum absolute atomic E-state index is 10.9. The lowest BCUT2D eigenvalue weighted by atomic mass is 10.2. The lowest BCUT2D eigenvalue weighted by molar-refractivity contribution is 0.477. The van der Waals surface area contributed by atoms with Crippen molar-refractivity contribution in [2.75, 3.05) is 11.0 Å². The molecule has 2 N–H and O–H groups in total. The van der Waals surface area contributed by atoms with Gasteiger partial charge in [0.25, 0.3) is 0 Å². The lowest BCUT2D eigenvalue weighted by Crippen LogP contribution is -2.10. The van der Waals surface area contributed by atoms with Crippen LogP contribution in [0.2, 0.25) is 0 Å². The largest absolute Gasteiger partial charge is 0.506 e. The van der Waals surface area contributed by atoms with Gasteiger partial charge in [-0.3, -0.25) is 4.72 Å². The van der Waals surface area contributed by atoms with Gasteiger partial charge in [0.05, 0.1) is 11.8 Å². The fraction of sp³-hybridized carbons (Fsp3) is 0.125. The standard InChI is InChI=1S/C8H8N2O3S/c1-14(12,13)10-8-6(5-9)3-2-4-7(8)11/h2-4,10-11H,1H3. The van der Waals surface area contributed by atoms with E-state index in [9.17, 15) is 13.5 Å². The summed E-state index contributed by atoms with van der Waals surface area (Å²) in [5.74, 6) is -0.269. The van der Waals surface area contributed by atoms with Crippen molar-refractivity contribution in [1.29, 1.82) is 5.26 Å². The summed E-state index contributed by atoms with van der Waals surface area (Å²) < 4.78 is 23.8. The van der Waals surface area contributed by atoms with Gasteiger partial charge in [0.1, 0.15) is 17.5 Å². The van der Waals surface area contributed by atoms with Gasteiger partial charge < -0.3 is 5.11 Å². The maximum Gasteiger partial charge on any atom is 0.229 e. The quantitative estimate of drug-likeness (QED) is 0.704. The highest BCUT2D eigenvalue weighted by atomic mass is 32.2. The van der Waals surface area contributed by atoms with Gasteiger partial charge in [0.2, 0.25) is 10.0 Å². The highest BCUT2D eigenvalue weighted by Gasteiger charge is 2.11. The van der Waals surface area contributed by atoms with Crippen LogP contribution in [0.3, 0.4) is 0 Å². The molecule has 1 aromatic carbocycles. The lowest BCUT2D eigenvalue weighted by Gasteiger charge is -2.07. The van der Waals surface area contributed by atoms with Crippen molar-refractivity contribution in [1.82, 2.24) is 0 Å². The van der Waals surface area contributed by atoms with Crippen LogP contribution in [0, 0.1) is 11.3 Å². The van der Waals surface area contributed by atoms with E-state index < -0.39 is 10.0 Å². The molecular weight excluding hydrogens is 204 g/mol. The van der Waals surface area contributed by atoms with Crippen LogP contribution < -0.4 is 4.72 Å². The number of rotatable bonds is 2. The molecule has 0 fully saturated rings. The van der Waals surface area contributed by atoms with E-state index in [0.29, 0.717) is 0 Å². The second-order valence-electron chi connectivity index (χ2n) is 2.69. The van der Waals surface area contributed by atoms with Crippen LogP contribution in [-0.4, -0.2) is 19.8 Å². The second-order valence-corrected chi connectivity index (χ2v) is 4.43. The topological polar surface area (TPSA) is 90.2 Å². The van der Waals surface area contributed by atoms with Crippen LogP contribution in [0.4, 0.5) is 5.69 Å². The first kappa shape index (κ1) is 10.3. The van der Waals surface area contributed by atoms with Crippen molar-refractivity contribution < 1.29 is 13.5 Å². The molecule has 0 saturated carbocycles. The average Bonchev–Trinajstić information content (AvgIpc) is 2.06. The number of phenolic OH excluding ortho intramolecular Hbond substituents is 1. The summed E-state index contributed by atoms with van der Waals surface area (Å²) in [6, 6.07) is 5.94. The third-order valence-electron chi connectivity index (χ3n) is 1.45. The van der Waals surface area contributed by atoms with Gasteiger partial charge >= 0.3 is 0 Å². The number of nitriles is 1. The van der Waals surface area contributed by atoms with Crippen LogP contribution in [0.15, 0.2) is 18.2 Å². The maximum atomic E-state index is 10.9. The van der Waals surface area contributed by atoms with Crippen LogP contribution in [-0.2, 0) is 10.0 Å². The number of benzene rings is 1. The van der Waals surface area contributed by atoms with E-state index in [2.05, 4.69) is 4.72 Å². The van der Waals surface area contributed by atoms with E-state index in [1.807, 2.05) is 0 Å².